The van der Waals surface area contributed by atoms with Crippen molar-refractivity contribution in [3.8, 4) is 0 Å². The molecule has 1 aliphatic rings. The molecule has 0 N–H and O–H groups in total. The van der Waals surface area contributed by atoms with Crippen molar-refractivity contribution in [3.05, 3.63) is 59.8 Å². The second kappa shape index (κ2) is 8.19. The molecule has 0 radical (unpaired) electrons. The zero-order valence-electron chi connectivity index (χ0n) is 16.3. The Kier molecular flexibility index (Phi) is 5.50. The lowest BCUT2D eigenvalue weighted by atomic mass is 10.1. The average Bonchev–Trinajstić information content (AvgIpc) is 2.93. The van der Waals surface area contributed by atoms with Gasteiger partial charge in [0.2, 0.25) is 0 Å². The normalized spacial score (nSPS) is 16.2. The predicted molar refractivity (Wildman–Crippen MR) is 108 cm³/mol. The molecule has 5 nitrogen and oxygen atoms in total. The number of hydrogen-bond donors (Lipinski definition) is 0. The van der Waals surface area contributed by atoms with Gasteiger partial charge < -0.3 is 9.30 Å². The lowest BCUT2D eigenvalue weighted by molar-refractivity contribution is -0.0377. The van der Waals surface area contributed by atoms with E-state index in [1.165, 1.54) is 40.7 Å². The number of aromatic nitrogens is 3. The van der Waals surface area contributed by atoms with Crippen molar-refractivity contribution in [3.63, 3.8) is 0 Å². The molecule has 1 aliphatic heterocycles. The fourth-order valence-electron chi connectivity index (χ4n) is 4.14. The number of unbranched alkanes of at least 4 members (excludes halogenated alkanes) is 1. The van der Waals surface area contributed by atoms with Crippen LogP contribution in [-0.4, -0.2) is 39.6 Å². The highest BCUT2D eigenvalue weighted by Crippen LogP contribution is 2.30. The lowest BCUT2D eigenvalue weighted by Gasteiger charge is -2.30. The first kappa shape index (κ1) is 18.1. The quantitative estimate of drug-likeness (QED) is 0.664. The van der Waals surface area contributed by atoms with Crippen LogP contribution in [0.4, 0.5) is 0 Å². The minimum Gasteiger partial charge on any atom is -0.361 e. The molecular formula is C22H28N4O. The highest BCUT2D eigenvalue weighted by molar-refractivity contribution is 5.81. The van der Waals surface area contributed by atoms with E-state index in [1.54, 1.807) is 6.33 Å². The van der Waals surface area contributed by atoms with Crippen LogP contribution in [0.1, 0.15) is 42.9 Å². The summed E-state index contributed by atoms with van der Waals surface area (Å²) in [6.07, 6.45) is 7.83. The first-order valence-electron chi connectivity index (χ1n) is 9.94. The van der Waals surface area contributed by atoms with Gasteiger partial charge >= 0.3 is 0 Å². The minimum absolute atomic E-state index is 0.0449. The van der Waals surface area contributed by atoms with Gasteiger partial charge in [-0.3, -0.25) is 4.90 Å². The van der Waals surface area contributed by atoms with Crippen LogP contribution in [0, 0.1) is 0 Å². The van der Waals surface area contributed by atoms with Crippen molar-refractivity contribution < 1.29 is 4.74 Å². The number of aryl methyl sites for hydroxylation is 1. The minimum atomic E-state index is -0.0449. The standard InChI is InChI=1S/C22H28N4O/c1-3-4-11-26-20-8-6-5-7-17(20)14-21(26)22(27-2)25-12-9-18-15-23-16-24-19(18)10-13-25/h5-8,14-16,22H,3-4,9-13H2,1-2H3. The molecule has 0 fully saturated rings. The van der Waals surface area contributed by atoms with Crippen molar-refractivity contribution in [2.24, 2.45) is 0 Å². The van der Waals surface area contributed by atoms with E-state index in [0.717, 1.165) is 32.5 Å². The molecule has 5 heteroatoms. The van der Waals surface area contributed by atoms with E-state index in [4.69, 9.17) is 4.74 Å². The fraction of sp³-hybridized carbons (Fsp3) is 0.455. The largest absolute Gasteiger partial charge is 0.361 e. The summed E-state index contributed by atoms with van der Waals surface area (Å²) in [6.45, 7) is 5.16. The number of nitrogens with zero attached hydrogens (tertiary/aromatic N) is 4. The van der Waals surface area contributed by atoms with Crippen molar-refractivity contribution in [1.82, 2.24) is 19.4 Å². The summed E-state index contributed by atoms with van der Waals surface area (Å²) in [6, 6.07) is 10.9. The van der Waals surface area contributed by atoms with Gasteiger partial charge in [0.1, 0.15) is 6.33 Å². The van der Waals surface area contributed by atoms with E-state index in [9.17, 15) is 0 Å². The third-order valence-electron chi connectivity index (χ3n) is 5.57. The molecule has 0 bridgehead atoms. The molecular weight excluding hydrogens is 336 g/mol. The zero-order chi connectivity index (χ0) is 18.6. The zero-order valence-corrected chi connectivity index (χ0v) is 16.3. The Bertz CT molecular complexity index is 877. The summed E-state index contributed by atoms with van der Waals surface area (Å²) in [5.41, 5.74) is 4.99. The third kappa shape index (κ3) is 3.62. The number of para-hydroxylation sites is 1. The van der Waals surface area contributed by atoms with Gasteiger partial charge in [0.05, 0.1) is 5.69 Å². The third-order valence-corrected chi connectivity index (χ3v) is 5.57. The van der Waals surface area contributed by atoms with E-state index in [-0.39, 0.29) is 6.23 Å². The summed E-state index contributed by atoms with van der Waals surface area (Å²) in [7, 11) is 1.82. The second-order valence-electron chi connectivity index (χ2n) is 7.25. The lowest BCUT2D eigenvalue weighted by Crippen LogP contribution is -2.33. The molecule has 1 atom stereocenters. The van der Waals surface area contributed by atoms with Crippen LogP contribution in [0.25, 0.3) is 10.9 Å². The monoisotopic (exact) mass is 364 g/mol. The van der Waals surface area contributed by atoms with E-state index in [0.29, 0.717) is 0 Å². The number of rotatable bonds is 6. The smallest absolute Gasteiger partial charge is 0.151 e. The molecule has 1 unspecified atom stereocenters. The highest BCUT2D eigenvalue weighted by atomic mass is 16.5. The summed E-state index contributed by atoms with van der Waals surface area (Å²) in [4.78, 5) is 11.1. The maximum atomic E-state index is 6.05. The molecule has 0 spiro atoms. The van der Waals surface area contributed by atoms with Gasteiger partial charge in [-0.05, 0) is 30.5 Å². The van der Waals surface area contributed by atoms with E-state index in [2.05, 4.69) is 56.7 Å². The van der Waals surface area contributed by atoms with E-state index >= 15 is 0 Å². The summed E-state index contributed by atoms with van der Waals surface area (Å²) < 4.78 is 8.50. The summed E-state index contributed by atoms with van der Waals surface area (Å²) in [5, 5.41) is 1.29. The van der Waals surface area contributed by atoms with Gasteiger partial charge in [-0.1, -0.05) is 31.5 Å². The van der Waals surface area contributed by atoms with Crippen LogP contribution >= 0.6 is 0 Å². The van der Waals surface area contributed by atoms with Crippen molar-refractivity contribution in [2.75, 3.05) is 20.2 Å². The number of ether oxygens (including phenoxy) is 1. The van der Waals surface area contributed by atoms with E-state index in [1.807, 2.05) is 13.3 Å². The first-order valence-corrected chi connectivity index (χ1v) is 9.94. The maximum Gasteiger partial charge on any atom is 0.151 e. The van der Waals surface area contributed by atoms with Crippen LogP contribution in [-0.2, 0) is 24.1 Å². The van der Waals surface area contributed by atoms with Gasteiger partial charge in [0, 0.05) is 56.0 Å². The first-order chi connectivity index (χ1) is 13.3. The average molecular weight is 364 g/mol. The van der Waals surface area contributed by atoms with Crippen molar-refractivity contribution >= 4 is 10.9 Å². The molecule has 3 aromatic rings. The summed E-state index contributed by atoms with van der Waals surface area (Å²) >= 11 is 0. The molecule has 27 heavy (non-hydrogen) atoms. The van der Waals surface area contributed by atoms with Crippen LogP contribution in [0.5, 0.6) is 0 Å². The van der Waals surface area contributed by atoms with Gasteiger partial charge in [-0.25, -0.2) is 9.97 Å². The summed E-state index contributed by atoms with van der Waals surface area (Å²) in [5.74, 6) is 0. The maximum absolute atomic E-state index is 6.05. The van der Waals surface area contributed by atoms with E-state index < -0.39 is 0 Å². The SMILES string of the molecule is CCCCn1c(C(OC)N2CCc3cncnc3CC2)cc2ccccc21. The topological polar surface area (TPSA) is 43.2 Å². The molecule has 0 amide bonds. The Balaban J connectivity index is 1.66. The van der Waals surface area contributed by atoms with Gasteiger partial charge in [0.25, 0.3) is 0 Å². The molecule has 1 aromatic carbocycles. The number of hydrogen-bond acceptors (Lipinski definition) is 4. The second-order valence-corrected chi connectivity index (χ2v) is 7.25. The van der Waals surface area contributed by atoms with Gasteiger partial charge in [-0.15, -0.1) is 0 Å². The molecule has 0 saturated heterocycles. The van der Waals surface area contributed by atoms with Crippen LogP contribution in [0.2, 0.25) is 0 Å². The Morgan fingerprint density at radius 3 is 2.89 bits per heavy atom. The molecule has 4 rings (SSSR count). The Morgan fingerprint density at radius 2 is 2.04 bits per heavy atom. The molecule has 0 aliphatic carbocycles. The molecule has 2 aromatic heterocycles. The molecule has 142 valence electrons. The highest BCUT2D eigenvalue weighted by Gasteiger charge is 2.26. The predicted octanol–water partition coefficient (Wildman–Crippen LogP) is 3.98. The fourth-order valence-corrected chi connectivity index (χ4v) is 4.14. The number of benzene rings is 1. The Morgan fingerprint density at radius 1 is 1.19 bits per heavy atom. The van der Waals surface area contributed by atoms with Crippen molar-refractivity contribution in [2.45, 2.75) is 45.4 Å². The molecule has 0 saturated carbocycles. The Hall–Kier alpha value is -2.24. The number of fused-ring (bicyclic) bond motifs is 2. The number of methoxy groups -OCH3 is 1. The van der Waals surface area contributed by atoms with Crippen LogP contribution in [0.15, 0.2) is 42.9 Å². The van der Waals surface area contributed by atoms with Gasteiger partial charge in [0.15, 0.2) is 6.23 Å². The van der Waals surface area contributed by atoms with Crippen LogP contribution < -0.4 is 0 Å². The molecule has 3 heterocycles. The van der Waals surface area contributed by atoms with Gasteiger partial charge in [-0.2, -0.15) is 0 Å². The van der Waals surface area contributed by atoms with Crippen LogP contribution in [0.3, 0.4) is 0 Å². The Labute approximate surface area is 161 Å². The van der Waals surface area contributed by atoms with Crippen molar-refractivity contribution in [1.29, 1.82) is 0 Å².